The molecule has 2 N–H and O–H groups in total. The molecule has 4 heterocycles. The molecule has 0 atom stereocenters. The molecule has 8 heteroatoms. The van der Waals surface area contributed by atoms with E-state index in [9.17, 15) is 4.79 Å². The first-order chi connectivity index (χ1) is 16.1. The van der Waals surface area contributed by atoms with Crippen LogP contribution in [-0.2, 0) is 7.05 Å². The number of aromatic nitrogens is 6. The molecule has 0 fully saturated rings. The Morgan fingerprint density at radius 1 is 0.970 bits per heavy atom. The zero-order chi connectivity index (χ0) is 22.5. The maximum Gasteiger partial charge on any atom is 0.272 e. The summed E-state index contributed by atoms with van der Waals surface area (Å²) in [5.41, 5.74) is 5.46. The Morgan fingerprint density at radius 3 is 2.52 bits per heavy atom. The number of H-pyrrole nitrogens is 2. The van der Waals surface area contributed by atoms with E-state index in [0.717, 1.165) is 30.8 Å². The van der Waals surface area contributed by atoms with Gasteiger partial charge in [0, 0.05) is 47.7 Å². The molecule has 0 radical (unpaired) electrons. The van der Waals surface area contributed by atoms with Gasteiger partial charge in [-0.2, -0.15) is 5.10 Å². The number of aromatic amines is 2. The monoisotopic (exact) mass is 437 g/mol. The fraction of sp³-hybridized carbons (Fsp3) is 0.200. The molecule has 0 aliphatic carbocycles. The lowest BCUT2D eigenvalue weighted by Gasteiger charge is -2.27. The van der Waals surface area contributed by atoms with Crippen molar-refractivity contribution in [1.29, 1.82) is 0 Å². The number of rotatable bonds is 3. The van der Waals surface area contributed by atoms with Crippen molar-refractivity contribution in [3.63, 3.8) is 0 Å². The zero-order valence-electron chi connectivity index (χ0n) is 18.5. The minimum atomic E-state index is -0.210. The van der Waals surface area contributed by atoms with Gasteiger partial charge in [0.1, 0.15) is 5.69 Å². The Hall–Kier alpha value is -4.20. The van der Waals surface area contributed by atoms with E-state index in [1.54, 1.807) is 6.07 Å². The van der Waals surface area contributed by atoms with E-state index in [1.165, 1.54) is 27.7 Å². The minimum Gasteiger partial charge on any atom is -0.358 e. The SMILES string of the molecule is Cc1[nH]c2ccccc2c1C1=CCN(c2nnc(-c3n[nH]c(=O)c4ccccc34)n2C)CC1. The lowest BCUT2D eigenvalue weighted by Crippen LogP contribution is -2.30. The summed E-state index contributed by atoms with van der Waals surface area (Å²) >= 11 is 0. The maximum atomic E-state index is 12.2. The predicted octanol–water partition coefficient (Wildman–Crippen LogP) is 3.80. The molecule has 164 valence electrons. The van der Waals surface area contributed by atoms with Gasteiger partial charge in [0.2, 0.25) is 5.95 Å². The third kappa shape index (κ3) is 3.06. The predicted molar refractivity (Wildman–Crippen MR) is 130 cm³/mol. The average Bonchev–Trinajstić information content (AvgIpc) is 3.39. The molecule has 3 aromatic heterocycles. The van der Waals surface area contributed by atoms with Gasteiger partial charge in [0.25, 0.3) is 5.56 Å². The van der Waals surface area contributed by atoms with Crippen molar-refractivity contribution in [2.24, 2.45) is 7.05 Å². The first kappa shape index (κ1) is 19.5. The van der Waals surface area contributed by atoms with Crippen LogP contribution in [0.1, 0.15) is 17.7 Å². The third-order valence-electron chi connectivity index (χ3n) is 6.47. The summed E-state index contributed by atoms with van der Waals surface area (Å²) in [7, 11) is 1.94. The van der Waals surface area contributed by atoms with E-state index in [0.29, 0.717) is 16.9 Å². The van der Waals surface area contributed by atoms with Crippen molar-refractivity contribution < 1.29 is 0 Å². The van der Waals surface area contributed by atoms with Crippen LogP contribution in [0.4, 0.5) is 5.95 Å². The number of nitrogens with zero attached hydrogens (tertiary/aromatic N) is 5. The van der Waals surface area contributed by atoms with Crippen LogP contribution in [0.2, 0.25) is 0 Å². The van der Waals surface area contributed by atoms with Crippen LogP contribution in [0.3, 0.4) is 0 Å². The van der Waals surface area contributed by atoms with E-state index in [4.69, 9.17) is 0 Å². The molecule has 6 rings (SSSR count). The maximum absolute atomic E-state index is 12.2. The molecule has 0 amide bonds. The van der Waals surface area contributed by atoms with Gasteiger partial charge in [-0.3, -0.25) is 9.36 Å². The van der Waals surface area contributed by atoms with Crippen LogP contribution in [0.5, 0.6) is 0 Å². The fourth-order valence-corrected chi connectivity index (χ4v) is 4.86. The standard InChI is InChI=1S/C25H23N7O/c1-15-21(19-9-5-6-10-20(19)26-15)16-11-13-32(14-12-16)25-30-28-23(31(25)2)22-17-7-3-4-8-18(17)24(33)29-27-22/h3-11,26H,12-14H2,1-2H3,(H,29,33). The van der Waals surface area contributed by atoms with Crippen LogP contribution < -0.4 is 10.5 Å². The Bertz CT molecular complexity index is 1600. The molecule has 2 aromatic carbocycles. The van der Waals surface area contributed by atoms with Crippen molar-refractivity contribution in [3.8, 4) is 11.5 Å². The van der Waals surface area contributed by atoms with E-state index in [-0.39, 0.29) is 5.56 Å². The second-order valence-electron chi connectivity index (χ2n) is 8.43. The van der Waals surface area contributed by atoms with E-state index in [1.807, 2.05) is 29.8 Å². The van der Waals surface area contributed by atoms with Gasteiger partial charge in [-0.25, -0.2) is 5.10 Å². The topological polar surface area (TPSA) is 95.5 Å². The summed E-state index contributed by atoms with van der Waals surface area (Å²) in [6.07, 6.45) is 3.21. The Labute approximate surface area is 189 Å². The van der Waals surface area contributed by atoms with Crippen molar-refractivity contribution in [2.45, 2.75) is 13.3 Å². The second kappa shape index (κ2) is 7.44. The van der Waals surface area contributed by atoms with Crippen molar-refractivity contribution in [3.05, 3.63) is 76.2 Å². The molecule has 8 nitrogen and oxygen atoms in total. The number of anilines is 1. The highest BCUT2D eigenvalue weighted by Crippen LogP contribution is 2.33. The number of hydrogen-bond acceptors (Lipinski definition) is 5. The lowest BCUT2D eigenvalue weighted by atomic mass is 9.97. The summed E-state index contributed by atoms with van der Waals surface area (Å²) in [5.74, 6) is 1.41. The van der Waals surface area contributed by atoms with Gasteiger partial charge in [-0.15, -0.1) is 10.2 Å². The summed E-state index contributed by atoms with van der Waals surface area (Å²) in [4.78, 5) is 17.9. The second-order valence-corrected chi connectivity index (χ2v) is 8.43. The number of aryl methyl sites for hydroxylation is 1. The van der Waals surface area contributed by atoms with Crippen molar-refractivity contribution in [1.82, 2.24) is 29.9 Å². The molecule has 33 heavy (non-hydrogen) atoms. The van der Waals surface area contributed by atoms with Crippen molar-refractivity contribution in [2.75, 3.05) is 18.0 Å². The first-order valence-electron chi connectivity index (χ1n) is 11.0. The smallest absolute Gasteiger partial charge is 0.272 e. The largest absolute Gasteiger partial charge is 0.358 e. The highest BCUT2D eigenvalue weighted by Gasteiger charge is 2.23. The lowest BCUT2D eigenvalue weighted by molar-refractivity contribution is 0.760. The van der Waals surface area contributed by atoms with Gasteiger partial charge in [0.05, 0.1) is 5.39 Å². The van der Waals surface area contributed by atoms with Crippen LogP contribution in [0.25, 0.3) is 38.8 Å². The van der Waals surface area contributed by atoms with Crippen molar-refractivity contribution >= 4 is 33.2 Å². The van der Waals surface area contributed by atoms with Gasteiger partial charge < -0.3 is 9.88 Å². The van der Waals surface area contributed by atoms with Gasteiger partial charge in [-0.05, 0) is 31.1 Å². The Kier molecular flexibility index (Phi) is 4.39. The highest BCUT2D eigenvalue weighted by atomic mass is 16.1. The number of nitrogens with one attached hydrogen (secondary N) is 2. The molecule has 0 unspecified atom stereocenters. The fourth-order valence-electron chi connectivity index (χ4n) is 4.86. The van der Waals surface area contributed by atoms with E-state index >= 15 is 0 Å². The Morgan fingerprint density at radius 2 is 1.73 bits per heavy atom. The minimum absolute atomic E-state index is 0.210. The van der Waals surface area contributed by atoms with Gasteiger partial charge in [-0.1, -0.05) is 42.5 Å². The molecule has 0 saturated carbocycles. The third-order valence-corrected chi connectivity index (χ3v) is 6.47. The summed E-state index contributed by atoms with van der Waals surface area (Å²) in [5, 5.41) is 18.4. The molecule has 1 aliphatic heterocycles. The first-order valence-corrected chi connectivity index (χ1v) is 11.0. The number of para-hydroxylation sites is 1. The quantitative estimate of drug-likeness (QED) is 0.448. The van der Waals surface area contributed by atoms with Crippen LogP contribution >= 0.6 is 0 Å². The normalized spacial score (nSPS) is 14.2. The van der Waals surface area contributed by atoms with E-state index in [2.05, 4.69) is 67.5 Å². The molecule has 5 aromatic rings. The number of benzene rings is 2. The molecule has 0 bridgehead atoms. The van der Waals surface area contributed by atoms with E-state index < -0.39 is 0 Å². The summed E-state index contributed by atoms with van der Waals surface area (Å²) < 4.78 is 1.95. The number of fused-ring (bicyclic) bond motifs is 2. The van der Waals surface area contributed by atoms with Gasteiger partial charge in [0.15, 0.2) is 5.82 Å². The average molecular weight is 438 g/mol. The molecule has 0 spiro atoms. The molecular weight excluding hydrogens is 414 g/mol. The molecular formula is C25H23N7O. The zero-order valence-corrected chi connectivity index (χ0v) is 18.5. The van der Waals surface area contributed by atoms with Crippen LogP contribution in [-0.4, -0.2) is 43.0 Å². The van der Waals surface area contributed by atoms with Crippen LogP contribution in [0.15, 0.2) is 59.4 Å². The van der Waals surface area contributed by atoms with Gasteiger partial charge >= 0.3 is 0 Å². The summed E-state index contributed by atoms with van der Waals surface area (Å²) in [6, 6.07) is 15.9. The molecule has 1 aliphatic rings. The number of hydrogen-bond donors (Lipinski definition) is 2. The Balaban J connectivity index is 1.34. The summed E-state index contributed by atoms with van der Waals surface area (Å²) in [6.45, 7) is 3.73. The molecule has 0 saturated heterocycles. The van der Waals surface area contributed by atoms with Crippen LogP contribution in [0, 0.1) is 6.92 Å². The highest BCUT2D eigenvalue weighted by molar-refractivity contribution is 5.95.